The van der Waals surface area contributed by atoms with E-state index in [9.17, 15) is 9.59 Å². The zero-order valence-electron chi connectivity index (χ0n) is 15.1. The Morgan fingerprint density at radius 2 is 1.67 bits per heavy atom. The summed E-state index contributed by atoms with van der Waals surface area (Å²) in [5, 5.41) is 6.21. The molecule has 0 spiro atoms. The van der Waals surface area contributed by atoms with Crippen molar-refractivity contribution in [2.75, 3.05) is 36.4 Å². The number of nitrogens with one attached hydrogen (secondary N) is 2. The summed E-state index contributed by atoms with van der Waals surface area (Å²) >= 11 is 5.92. The number of nitrogens with zero attached hydrogens (tertiary/aromatic N) is 3. The summed E-state index contributed by atoms with van der Waals surface area (Å²) in [7, 11) is 0. The first-order chi connectivity index (χ1) is 13.0. The third-order valence-electron chi connectivity index (χ3n) is 4.44. The molecule has 7 nitrogen and oxygen atoms in total. The number of pyridine rings is 1. The number of carbonyl (C=O) groups excluding carboxylic acids is 2. The third-order valence-corrected chi connectivity index (χ3v) is 4.69. The highest BCUT2D eigenvalue weighted by Crippen LogP contribution is 2.19. The predicted molar refractivity (Wildman–Crippen MR) is 106 cm³/mol. The Bertz CT molecular complexity index is 776. The van der Waals surface area contributed by atoms with Gasteiger partial charge in [-0.05, 0) is 43.3 Å². The molecule has 1 atom stereocenters. The molecule has 27 heavy (non-hydrogen) atoms. The van der Waals surface area contributed by atoms with Crippen molar-refractivity contribution >= 4 is 34.9 Å². The number of anilines is 2. The molecule has 2 N–H and O–H groups in total. The minimum atomic E-state index is -0.639. The molecular weight excluding hydrogens is 366 g/mol. The van der Waals surface area contributed by atoms with E-state index in [4.69, 9.17) is 11.6 Å². The normalized spacial score (nSPS) is 15.2. The van der Waals surface area contributed by atoms with E-state index < -0.39 is 6.04 Å². The molecule has 1 aromatic carbocycles. The number of urea groups is 1. The van der Waals surface area contributed by atoms with Crippen LogP contribution in [0.5, 0.6) is 0 Å². The van der Waals surface area contributed by atoms with Crippen molar-refractivity contribution in [2.45, 2.75) is 13.0 Å². The van der Waals surface area contributed by atoms with E-state index >= 15 is 0 Å². The Kier molecular flexibility index (Phi) is 6.13. The highest BCUT2D eigenvalue weighted by molar-refractivity contribution is 6.30. The summed E-state index contributed by atoms with van der Waals surface area (Å²) in [6, 6.07) is 10.2. The standard InChI is InChI=1S/C19H22ClN5O2/c1-14(18(26)23-16-6-8-21-9-7-16)22-19(27)25-12-10-24(11-13-25)17-4-2-15(20)3-5-17/h2-9,14H,10-13H2,1H3,(H,22,27)(H,21,23,26). The van der Waals surface area contributed by atoms with E-state index in [1.807, 2.05) is 24.3 Å². The lowest BCUT2D eigenvalue weighted by Gasteiger charge is -2.36. The number of carbonyl (C=O) groups is 2. The zero-order chi connectivity index (χ0) is 19.2. The van der Waals surface area contributed by atoms with Crippen LogP contribution in [0.15, 0.2) is 48.8 Å². The van der Waals surface area contributed by atoms with Gasteiger partial charge in [0.05, 0.1) is 0 Å². The lowest BCUT2D eigenvalue weighted by atomic mass is 10.2. The Hall–Kier alpha value is -2.80. The summed E-state index contributed by atoms with van der Waals surface area (Å²) in [5.41, 5.74) is 1.73. The van der Waals surface area contributed by atoms with Crippen molar-refractivity contribution in [3.63, 3.8) is 0 Å². The Labute approximate surface area is 163 Å². The van der Waals surface area contributed by atoms with Crippen LogP contribution >= 0.6 is 11.6 Å². The van der Waals surface area contributed by atoms with Crippen molar-refractivity contribution in [1.82, 2.24) is 15.2 Å². The highest BCUT2D eigenvalue weighted by atomic mass is 35.5. The van der Waals surface area contributed by atoms with Crippen molar-refractivity contribution in [2.24, 2.45) is 0 Å². The molecule has 142 valence electrons. The van der Waals surface area contributed by atoms with Gasteiger partial charge in [-0.15, -0.1) is 0 Å². The molecular formula is C19H22ClN5O2. The molecule has 8 heteroatoms. The van der Waals surface area contributed by atoms with E-state index in [1.165, 1.54) is 0 Å². The van der Waals surface area contributed by atoms with E-state index in [0.717, 1.165) is 18.8 Å². The maximum atomic E-state index is 12.4. The number of rotatable bonds is 4. The van der Waals surface area contributed by atoms with E-state index in [2.05, 4.69) is 20.5 Å². The number of aromatic nitrogens is 1. The van der Waals surface area contributed by atoms with Crippen LogP contribution in [0, 0.1) is 0 Å². The van der Waals surface area contributed by atoms with Gasteiger partial charge in [0.15, 0.2) is 0 Å². The lowest BCUT2D eigenvalue weighted by molar-refractivity contribution is -0.117. The number of halogens is 1. The number of amides is 3. The van der Waals surface area contributed by atoms with Gasteiger partial charge in [-0.25, -0.2) is 4.79 Å². The van der Waals surface area contributed by atoms with Crippen LogP contribution in [0.2, 0.25) is 5.02 Å². The average molecular weight is 388 g/mol. The molecule has 2 aromatic rings. The van der Waals surface area contributed by atoms with E-state index in [1.54, 1.807) is 36.4 Å². The third kappa shape index (κ3) is 5.10. The maximum Gasteiger partial charge on any atom is 0.318 e. The van der Waals surface area contributed by atoms with Crippen molar-refractivity contribution in [3.8, 4) is 0 Å². The van der Waals surface area contributed by atoms with Crippen LogP contribution in [0.25, 0.3) is 0 Å². The molecule has 0 radical (unpaired) electrons. The Morgan fingerprint density at radius 1 is 1.04 bits per heavy atom. The van der Waals surface area contributed by atoms with Crippen molar-refractivity contribution in [1.29, 1.82) is 0 Å². The van der Waals surface area contributed by atoms with Crippen LogP contribution in [-0.2, 0) is 4.79 Å². The minimum absolute atomic E-state index is 0.233. The topological polar surface area (TPSA) is 77.6 Å². The van der Waals surface area contributed by atoms with Gasteiger partial charge < -0.3 is 20.4 Å². The molecule has 1 unspecified atom stereocenters. The quantitative estimate of drug-likeness (QED) is 0.845. The molecule has 0 bridgehead atoms. The van der Waals surface area contributed by atoms with Gasteiger partial charge >= 0.3 is 6.03 Å². The van der Waals surface area contributed by atoms with Gasteiger partial charge in [0.1, 0.15) is 6.04 Å². The first-order valence-electron chi connectivity index (χ1n) is 8.80. The number of hydrogen-bond donors (Lipinski definition) is 2. The average Bonchev–Trinajstić information content (AvgIpc) is 2.69. The fraction of sp³-hybridized carbons (Fsp3) is 0.316. The smallest absolute Gasteiger partial charge is 0.318 e. The van der Waals surface area contributed by atoms with Gasteiger partial charge in [0.2, 0.25) is 5.91 Å². The van der Waals surface area contributed by atoms with Crippen LogP contribution < -0.4 is 15.5 Å². The molecule has 1 saturated heterocycles. The molecule has 3 amide bonds. The Balaban J connectivity index is 1.47. The lowest BCUT2D eigenvalue weighted by Crippen LogP contribution is -2.54. The molecule has 1 aliphatic heterocycles. The fourth-order valence-electron chi connectivity index (χ4n) is 2.85. The second kappa shape index (κ2) is 8.73. The zero-order valence-corrected chi connectivity index (χ0v) is 15.8. The molecule has 3 rings (SSSR count). The molecule has 2 heterocycles. The first-order valence-corrected chi connectivity index (χ1v) is 9.17. The van der Waals surface area contributed by atoms with Crippen LogP contribution in [0.3, 0.4) is 0 Å². The van der Waals surface area contributed by atoms with Gasteiger partial charge in [-0.2, -0.15) is 0 Å². The summed E-state index contributed by atoms with van der Waals surface area (Å²) in [6.07, 6.45) is 3.19. The van der Waals surface area contributed by atoms with Gasteiger partial charge in [-0.1, -0.05) is 11.6 Å². The monoisotopic (exact) mass is 387 g/mol. The van der Waals surface area contributed by atoms with Gasteiger partial charge in [-0.3, -0.25) is 9.78 Å². The Morgan fingerprint density at radius 3 is 2.30 bits per heavy atom. The largest absolute Gasteiger partial charge is 0.368 e. The summed E-state index contributed by atoms with van der Waals surface area (Å²) in [4.78, 5) is 32.5. The molecule has 0 aliphatic carbocycles. The molecule has 0 saturated carbocycles. The van der Waals surface area contributed by atoms with E-state index in [-0.39, 0.29) is 11.9 Å². The van der Waals surface area contributed by atoms with Gasteiger partial charge in [0, 0.05) is 55.0 Å². The number of piperazine rings is 1. The molecule has 1 fully saturated rings. The molecule has 1 aromatic heterocycles. The summed E-state index contributed by atoms with van der Waals surface area (Å²) < 4.78 is 0. The second-order valence-corrected chi connectivity index (χ2v) is 6.78. The van der Waals surface area contributed by atoms with Crippen LogP contribution in [-0.4, -0.2) is 54.0 Å². The second-order valence-electron chi connectivity index (χ2n) is 6.35. The summed E-state index contributed by atoms with van der Waals surface area (Å²) in [6.45, 7) is 4.30. The minimum Gasteiger partial charge on any atom is -0.368 e. The maximum absolute atomic E-state index is 12.4. The van der Waals surface area contributed by atoms with Crippen LogP contribution in [0.1, 0.15) is 6.92 Å². The fourth-order valence-corrected chi connectivity index (χ4v) is 2.97. The molecule has 1 aliphatic rings. The number of benzene rings is 1. The highest BCUT2D eigenvalue weighted by Gasteiger charge is 2.24. The predicted octanol–water partition coefficient (Wildman–Crippen LogP) is 2.59. The number of hydrogen-bond acceptors (Lipinski definition) is 4. The van der Waals surface area contributed by atoms with E-state index in [0.29, 0.717) is 23.8 Å². The first kappa shape index (κ1) is 19.0. The SMILES string of the molecule is CC(NC(=O)N1CCN(c2ccc(Cl)cc2)CC1)C(=O)Nc1ccncc1. The van der Waals surface area contributed by atoms with Crippen molar-refractivity contribution < 1.29 is 9.59 Å². The summed E-state index contributed by atoms with van der Waals surface area (Å²) in [5.74, 6) is -0.269. The van der Waals surface area contributed by atoms with Crippen LogP contribution in [0.4, 0.5) is 16.2 Å². The van der Waals surface area contributed by atoms with Crippen molar-refractivity contribution in [3.05, 3.63) is 53.8 Å². The van der Waals surface area contributed by atoms with Gasteiger partial charge in [0.25, 0.3) is 0 Å².